The molecule has 0 aromatic heterocycles. The van der Waals surface area contributed by atoms with Crippen LogP contribution in [0.25, 0.3) is 0 Å². The summed E-state index contributed by atoms with van der Waals surface area (Å²) >= 11 is 0. The molecule has 9 heavy (non-hydrogen) atoms. The van der Waals surface area contributed by atoms with E-state index in [9.17, 15) is 0 Å². The summed E-state index contributed by atoms with van der Waals surface area (Å²) in [6.07, 6.45) is 2.33. The van der Waals surface area contributed by atoms with Crippen molar-refractivity contribution in [3.05, 3.63) is 24.0 Å². The molecular formula is C7H13NO. The van der Waals surface area contributed by atoms with Crippen LogP contribution in [0.3, 0.4) is 0 Å². The van der Waals surface area contributed by atoms with Crippen LogP contribution in [-0.2, 0) is 0 Å². The second-order valence-corrected chi connectivity index (χ2v) is 1.85. The van der Waals surface area contributed by atoms with Gasteiger partial charge in [-0.15, -0.1) is 0 Å². The summed E-state index contributed by atoms with van der Waals surface area (Å²) in [4.78, 5) is 0. The lowest BCUT2D eigenvalue weighted by molar-refractivity contribution is 0.407. The SMILES string of the molecule is C=C/C(CCN)=C(/C)O. The van der Waals surface area contributed by atoms with Gasteiger partial charge in [-0.05, 0) is 25.5 Å². The maximum absolute atomic E-state index is 8.90. The molecule has 0 rings (SSSR count). The van der Waals surface area contributed by atoms with Crippen LogP contribution >= 0.6 is 0 Å². The summed E-state index contributed by atoms with van der Waals surface area (Å²) in [6, 6.07) is 0. The first-order valence-corrected chi connectivity index (χ1v) is 2.93. The first-order chi connectivity index (χ1) is 4.22. The Morgan fingerprint density at radius 1 is 1.78 bits per heavy atom. The highest BCUT2D eigenvalue weighted by Crippen LogP contribution is 2.04. The first kappa shape index (κ1) is 8.24. The van der Waals surface area contributed by atoms with Gasteiger partial charge in [0.15, 0.2) is 0 Å². The Morgan fingerprint density at radius 3 is 2.44 bits per heavy atom. The number of rotatable bonds is 3. The second kappa shape index (κ2) is 4.15. The van der Waals surface area contributed by atoms with Crippen molar-refractivity contribution >= 4 is 0 Å². The molecule has 2 heteroatoms. The molecule has 0 radical (unpaired) electrons. The fourth-order valence-electron chi connectivity index (χ4n) is 0.586. The van der Waals surface area contributed by atoms with Crippen molar-refractivity contribution in [2.24, 2.45) is 5.73 Å². The number of allylic oxidation sites excluding steroid dienone is 2. The van der Waals surface area contributed by atoms with Gasteiger partial charge in [-0.2, -0.15) is 0 Å². The summed E-state index contributed by atoms with van der Waals surface area (Å²) in [5.41, 5.74) is 6.08. The lowest BCUT2D eigenvalue weighted by Gasteiger charge is -1.98. The number of hydrogen-bond acceptors (Lipinski definition) is 2. The molecule has 0 aliphatic carbocycles. The highest BCUT2D eigenvalue weighted by molar-refractivity contribution is 5.18. The zero-order valence-corrected chi connectivity index (χ0v) is 5.72. The monoisotopic (exact) mass is 127 g/mol. The zero-order valence-electron chi connectivity index (χ0n) is 5.72. The van der Waals surface area contributed by atoms with E-state index < -0.39 is 0 Å². The van der Waals surface area contributed by atoms with E-state index in [-0.39, 0.29) is 0 Å². The van der Waals surface area contributed by atoms with Crippen LogP contribution in [0.2, 0.25) is 0 Å². The molecule has 3 N–H and O–H groups in total. The molecule has 0 aliphatic rings. The van der Waals surface area contributed by atoms with E-state index >= 15 is 0 Å². The van der Waals surface area contributed by atoms with Gasteiger partial charge in [0.25, 0.3) is 0 Å². The molecule has 2 nitrogen and oxygen atoms in total. The Hall–Kier alpha value is -0.760. The second-order valence-electron chi connectivity index (χ2n) is 1.85. The van der Waals surface area contributed by atoms with Gasteiger partial charge in [-0.25, -0.2) is 0 Å². The van der Waals surface area contributed by atoms with Crippen molar-refractivity contribution in [2.75, 3.05) is 6.54 Å². The fourth-order valence-corrected chi connectivity index (χ4v) is 0.586. The van der Waals surface area contributed by atoms with Crippen LogP contribution in [0.4, 0.5) is 0 Å². The molecule has 0 unspecified atom stereocenters. The topological polar surface area (TPSA) is 46.2 Å². The van der Waals surface area contributed by atoms with Crippen molar-refractivity contribution in [3.8, 4) is 0 Å². The summed E-state index contributed by atoms with van der Waals surface area (Å²) in [5, 5.41) is 8.90. The fraction of sp³-hybridized carbons (Fsp3) is 0.429. The standard InChI is InChI=1S/C7H13NO/c1-3-7(4-5-8)6(2)9/h3,9H,1,4-5,8H2,2H3/b7-6+. The zero-order chi connectivity index (χ0) is 7.28. The van der Waals surface area contributed by atoms with E-state index in [4.69, 9.17) is 10.8 Å². The molecule has 0 atom stereocenters. The minimum atomic E-state index is 0.315. The lowest BCUT2D eigenvalue weighted by Crippen LogP contribution is -2.00. The predicted octanol–water partition coefficient (Wildman–Crippen LogP) is 1.35. The molecule has 0 heterocycles. The predicted molar refractivity (Wildman–Crippen MR) is 39.2 cm³/mol. The normalized spacial score (nSPS) is 12.7. The largest absolute Gasteiger partial charge is 0.512 e. The van der Waals surface area contributed by atoms with Gasteiger partial charge in [-0.3, -0.25) is 0 Å². The number of hydrogen-bond donors (Lipinski definition) is 2. The van der Waals surface area contributed by atoms with Crippen LogP contribution in [0.15, 0.2) is 24.0 Å². The van der Waals surface area contributed by atoms with Crippen molar-refractivity contribution < 1.29 is 5.11 Å². The van der Waals surface area contributed by atoms with Gasteiger partial charge in [-0.1, -0.05) is 12.7 Å². The number of aliphatic hydroxyl groups excluding tert-OH is 1. The van der Waals surface area contributed by atoms with Gasteiger partial charge in [0, 0.05) is 0 Å². The lowest BCUT2D eigenvalue weighted by atomic mass is 10.1. The summed E-state index contributed by atoms with van der Waals surface area (Å²) in [5.74, 6) is 0.315. The molecule has 0 aliphatic heterocycles. The van der Waals surface area contributed by atoms with Crippen LogP contribution in [0.5, 0.6) is 0 Å². The molecule has 0 aromatic carbocycles. The summed E-state index contributed by atoms with van der Waals surface area (Å²) < 4.78 is 0. The molecule has 0 bridgehead atoms. The van der Waals surface area contributed by atoms with Crippen molar-refractivity contribution in [2.45, 2.75) is 13.3 Å². The van der Waals surface area contributed by atoms with Crippen molar-refractivity contribution in [1.29, 1.82) is 0 Å². The van der Waals surface area contributed by atoms with Crippen LogP contribution in [0, 0.1) is 0 Å². The molecule has 0 saturated carbocycles. The molecule has 0 amide bonds. The molecular weight excluding hydrogens is 114 g/mol. The molecule has 52 valence electrons. The van der Waals surface area contributed by atoms with Crippen molar-refractivity contribution in [1.82, 2.24) is 0 Å². The third-order valence-electron chi connectivity index (χ3n) is 1.12. The van der Waals surface area contributed by atoms with Crippen molar-refractivity contribution in [3.63, 3.8) is 0 Å². The van der Waals surface area contributed by atoms with Gasteiger partial charge in [0.2, 0.25) is 0 Å². The third kappa shape index (κ3) is 2.93. The first-order valence-electron chi connectivity index (χ1n) is 2.93. The Kier molecular flexibility index (Phi) is 3.80. The van der Waals surface area contributed by atoms with E-state index in [2.05, 4.69) is 6.58 Å². The van der Waals surface area contributed by atoms with E-state index in [0.29, 0.717) is 18.7 Å². The molecule has 0 aromatic rings. The third-order valence-corrected chi connectivity index (χ3v) is 1.12. The van der Waals surface area contributed by atoms with E-state index in [1.54, 1.807) is 13.0 Å². The van der Waals surface area contributed by atoms with E-state index in [0.717, 1.165) is 5.57 Å². The van der Waals surface area contributed by atoms with Gasteiger partial charge in [0.05, 0.1) is 5.76 Å². The Morgan fingerprint density at radius 2 is 2.33 bits per heavy atom. The highest BCUT2D eigenvalue weighted by atomic mass is 16.3. The van der Waals surface area contributed by atoms with Gasteiger partial charge >= 0.3 is 0 Å². The van der Waals surface area contributed by atoms with Gasteiger partial charge in [0.1, 0.15) is 0 Å². The van der Waals surface area contributed by atoms with Crippen LogP contribution in [-0.4, -0.2) is 11.7 Å². The minimum Gasteiger partial charge on any atom is -0.512 e. The maximum atomic E-state index is 8.90. The number of aliphatic hydroxyl groups is 1. The Bertz CT molecular complexity index is 123. The van der Waals surface area contributed by atoms with Crippen LogP contribution < -0.4 is 5.73 Å². The molecule has 0 spiro atoms. The van der Waals surface area contributed by atoms with Gasteiger partial charge < -0.3 is 10.8 Å². The average Bonchev–Trinajstić information content (AvgIpc) is 1.82. The summed E-state index contributed by atoms with van der Waals surface area (Å²) in [6.45, 7) is 5.71. The Labute approximate surface area is 55.7 Å². The molecule has 0 saturated heterocycles. The smallest absolute Gasteiger partial charge is 0.0923 e. The highest BCUT2D eigenvalue weighted by Gasteiger charge is 1.92. The Balaban J connectivity index is 3.98. The van der Waals surface area contributed by atoms with Crippen LogP contribution in [0.1, 0.15) is 13.3 Å². The number of nitrogens with two attached hydrogens (primary N) is 1. The minimum absolute atomic E-state index is 0.315. The molecule has 0 fully saturated rings. The van der Waals surface area contributed by atoms with E-state index in [1.807, 2.05) is 0 Å². The average molecular weight is 127 g/mol. The van der Waals surface area contributed by atoms with E-state index in [1.165, 1.54) is 0 Å². The quantitative estimate of drug-likeness (QED) is 0.444. The maximum Gasteiger partial charge on any atom is 0.0923 e. The summed E-state index contributed by atoms with van der Waals surface area (Å²) in [7, 11) is 0.